The standard InChI is InChI=1S/C17H27BrN2O/c1-4-19-16(11-14-6-5-7-15(18)10-14)17-12-20(13(2)3)8-9-21-17/h5-7,10,13,16-17,19H,4,8-9,11-12H2,1-3H3. The highest BCUT2D eigenvalue weighted by Gasteiger charge is 2.28. The second-order valence-electron chi connectivity index (χ2n) is 6.00. The average molecular weight is 355 g/mol. The van der Waals surface area contributed by atoms with E-state index in [1.165, 1.54) is 5.56 Å². The van der Waals surface area contributed by atoms with Crippen molar-refractivity contribution >= 4 is 15.9 Å². The van der Waals surface area contributed by atoms with Gasteiger partial charge >= 0.3 is 0 Å². The number of hydrogen-bond donors (Lipinski definition) is 1. The number of benzene rings is 1. The quantitative estimate of drug-likeness (QED) is 0.849. The number of halogens is 1. The van der Waals surface area contributed by atoms with E-state index in [4.69, 9.17) is 4.74 Å². The maximum atomic E-state index is 6.06. The van der Waals surface area contributed by atoms with Crippen LogP contribution in [0.25, 0.3) is 0 Å². The van der Waals surface area contributed by atoms with E-state index >= 15 is 0 Å². The molecule has 0 spiro atoms. The van der Waals surface area contributed by atoms with E-state index in [0.717, 1.165) is 37.1 Å². The summed E-state index contributed by atoms with van der Waals surface area (Å²) in [6.45, 7) is 10.6. The number of nitrogens with one attached hydrogen (secondary N) is 1. The molecule has 0 aromatic heterocycles. The lowest BCUT2D eigenvalue weighted by atomic mass is 9.99. The molecule has 0 aliphatic carbocycles. The third-order valence-electron chi connectivity index (χ3n) is 4.11. The van der Waals surface area contributed by atoms with E-state index in [2.05, 4.69) is 71.2 Å². The van der Waals surface area contributed by atoms with Crippen molar-refractivity contribution in [2.75, 3.05) is 26.2 Å². The van der Waals surface area contributed by atoms with Crippen LogP contribution in [0.3, 0.4) is 0 Å². The molecule has 3 nitrogen and oxygen atoms in total. The summed E-state index contributed by atoms with van der Waals surface area (Å²) in [4.78, 5) is 2.51. The normalized spacial score (nSPS) is 21.7. The van der Waals surface area contributed by atoms with Gasteiger partial charge in [0.15, 0.2) is 0 Å². The lowest BCUT2D eigenvalue weighted by Crippen LogP contribution is -2.54. The molecule has 4 heteroatoms. The minimum Gasteiger partial charge on any atom is -0.374 e. The van der Waals surface area contributed by atoms with Crippen LogP contribution >= 0.6 is 15.9 Å². The van der Waals surface area contributed by atoms with Gasteiger partial charge < -0.3 is 10.1 Å². The van der Waals surface area contributed by atoms with Gasteiger partial charge in [-0.05, 0) is 44.5 Å². The van der Waals surface area contributed by atoms with Crippen LogP contribution in [0, 0.1) is 0 Å². The van der Waals surface area contributed by atoms with Crippen LogP contribution in [0.2, 0.25) is 0 Å². The molecule has 2 rings (SSSR count). The van der Waals surface area contributed by atoms with Gasteiger partial charge in [0.25, 0.3) is 0 Å². The molecule has 118 valence electrons. The minimum atomic E-state index is 0.264. The molecule has 0 bridgehead atoms. The summed E-state index contributed by atoms with van der Waals surface area (Å²) in [5, 5.41) is 3.61. The SMILES string of the molecule is CCNC(Cc1cccc(Br)c1)C1CN(C(C)C)CCO1. The highest BCUT2D eigenvalue weighted by molar-refractivity contribution is 9.10. The molecule has 0 radical (unpaired) electrons. The Morgan fingerprint density at radius 3 is 2.90 bits per heavy atom. The molecule has 1 N–H and O–H groups in total. The van der Waals surface area contributed by atoms with Gasteiger partial charge in [-0.25, -0.2) is 0 Å². The fourth-order valence-electron chi connectivity index (χ4n) is 2.92. The Hall–Kier alpha value is -0.420. The molecule has 0 saturated carbocycles. The minimum absolute atomic E-state index is 0.264. The molecule has 1 saturated heterocycles. The predicted molar refractivity (Wildman–Crippen MR) is 91.8 cm³/mol. The van der Waals surface area contributed by atoms with Gasteiger partial charge in [-0.1, -0.05) is 35.0 Å². The van der Waals surface area contributed by atoms with E-state index in [1.54, 1.807) is 0 Å². The maximum absolute atomic E-state index is 6.06. The van der Waals surface area contributed by atoms with Gasteiger partial charge in [0.2, 0.25) is 0 Å². The van der Waals surface area contributed by atoms with Crippen molar-refractivity contribution in [1.29, 1.82) is 0 Å². The molecule has 2 unspecified atom stereocenters. The summed E-state index contributed by atoms with van der Waals surface area (Å²) in [5.41, 5.74) is 1.35. The summed E-state index contributed by atoms with van der Waals surface area (Å²) in [6.07, 6.45) is 1.27. The van der Waals surface area contributed by atoms with Crippen LogP contribution in [0.1, 0.15) is 26.3 Å². The van der Waals surface area contributed by atoms with Crippen molar-refractivity contribution in [2.45, 2.75) is 45.4 Å². The van der Waals surface area contributed by atoms with Crippen LogP contribution in [-0.2, 0) is 11.2 Å². The summed E-state index contributed by atoms with van der Waals surface area (Å²) >= 11 is 3.56. The van der Waals surface area contributed by atoms with Crippen molar-refractivity contribution in [3.8, 4) is 0 Å². The number of nitrogens with zero attached hydrogens (tertiary/aromatic N) is 1. The van der Waals surface area contributed by atoms with Gasteiger partial charge in [0.1, 0.15) is 0 Å². The monoisotopic (exact) mass is 354 g/mol. The number of morpholine rings is 1. The Morgan fingerprint density at radius 2 is 2.24 bits per heavy atom. The van der Waals surface area contributed by atoms with Crippen molar-refractivity contribution < 1.29 is 4.74 Å². The van der Waals surface area contributed by atoms with Gasteiger partial charge in [-0.3, -0.25) is 4.90 Å². The number of likely N-dealkylation sites (N-methyl/N-ethyl adjacent to an activating group) is 1. The summed E-state index contributed by atoms with van der Waals surface area (Å²) in [5.74, 6) is 0. The first kappa shape index (κ1) is 16.9. The van der Waals surface area contributed by atoms with Crippen LogP contribution in [0.5, 0.6) is 0 Å². The van der Waals surface area contributed by atoms with Crippen molar-refractivity contribution in [2.24, 2.45) is 0 Å². The summed E-state index contributed by atoms with van der Waals surface area (Å²) in [6, 6.07) is 9.52. The number of ether oxygens (including phenoxy) is 1. The Bertz CT molecular complexity index is 439. The first-order valence-electron chi connectivity index (χ1n) is 7.93. The molecule has 1 aromatic carbocycles. The molecule has 0 amide bonds. The average Bonchev–Trinajstić information content (AvgIpc) is 2.47. The molecule has 21 heavy (non-hydrogen) atoms. The Morgan fingerprint density at radius 1 is 1.43 bits per heavy atom. The second-order valence-corrected chi connectivity index (χ2v) is 6.91. The van der Waals surface area contributed by atoms with E-state index in [-0.39, 0.29) is 6.10 Å². The van der Waals surface area contributed by atoms with Crippen LogP contribution in [-0.4, -0.2) is 49.3 Å². The first-order valence-corrected chi connectivity index (χ1v) is 8.73. The lowest BCUT2D eigenvalue weighted by Gasteiger charge is -2.39. The smallest absolute Gasteiger partial charge is 0.0858 e. The molecule has 1 aliphatic rings. The van der Waals surface area contributed by atoms with E-state index in [9.17, 15) is 0 Å². The molecular formula is C17H27BrN2O. The molecule has 2 atom stereocenters. The second kappa shape index (κ2) is 8.28. The summed E-state index contributed by atoms with van der Waals surface area (Å²) < 4.78 is 7.20. The number of rotatable bonds is 6. The summed E-state index contributed by atoms with van der Waals surface area (Å²) in [7, 11) is 0. The van der Waals surface area contributed by atoms with E-state index in [0.29, 0.717) is 12.1 Å². The van der Waals surface area contributed by atoms with Crippen molar-refractivity contribution in [3.05, 3.63) is 34.3 Å². The zero-order valence-corrected chi connectivity index (χ0v) is 14.9. The Balaban J connectivity index is 2.03. The maximum Gasteiger partial charge on any atom is 0.0858 e. The number of hydrogen-bond acceptors (Lipinski definition) is 3. The van der Waals surface area contributed by atoms with E-state index < -0.39 is 0 Å². The Labute approximate surface area is 137 Å². The topological polar surface area (TPSA) is 24.5 Å². The lowest BCUT2D eigenvalue weighted by molar-refractivity contribution is -0.0550. The predicted octanol–water partition coefficient (Wildman–Crippen LogP) is 3.08. The van der Waals surface area contributed by atoms with Crippen LogP contribution in [0.15, 0.2) is 28.7 Å². The third-order valence-corrected chi connectivity index (χ3v) is 4.61. The molecule has 1 aromatic rings. The zero-order valence-electron chi connectivity index (χ0n) is 13.3. The molecule has 1 heterocycles. The van der Waals surface area contributed by atoms with Gasteiger partial charge in [-0.2, -0.15) is 0 Å². The van der Waals surface area contributed by atoms with Crippen LogP contribution < -0.4 is 5.32 Å². The van der Waals surface area contributed by atoms with Gasteiger partial charge in [0, 0.05) is 29.6 Å². The van der Waals surface area contributed by atoms with Crippen LogP contribution in [0.4, 0.5) is 0 Å². The van der Waals surface area contributed by atoms with Crippen molar-refractivity contribution in [3.63, 3.8) is 0 Å². The Kier molecular flexibility index (Phi) is 6.68. The van der Waals surface area contributed by atoms with E-state index in [1.807, 2.05) is 0 Å². The fourth-order valence-corrected chi connectivity index (χ4v) is 3.37. The highest BCUT2D eigenvalue weighted by Crippen LogP contribution is 2.18. The molecular weight excluding hydrogens is 328 g/mol. The van der Waals surface area contributed by atoms with Gasteiger partial charge in [-0.15, -0.1) is 0 Å². The van der Waals surface area contributed by atoms with Gasteiger partial charge in [0.05, 0.1) is 12.7 Å². The fraction of sp³-hybridized carbons (Fsp3) is 0.647. The molecule has 1 aliphatic heterocycles. The highest BCUT2D eigenvalue weighted by atomic mass is 79.9. The largest absolute Gasteiger partial charge is 0.374 e. The van der Waals surface area contributed by atoms with Crippen molar-refractivity contribution in [1.82, 2.24) is 10.2 Å². The zero-order chi connectivity index (χ0) is 15.2. The third kappa shape index (κ3) is 5.06. The first-order chi connectivity index (χ1) is 10.1. The molecule has 1 fully saturated rings.